The SMILES string of the molecule is CCN(CC)Cc1ccccc1CNC(=O)COc1nn(C)c2nc(C)cc(C)c12. The maximum absolute atomic E-state index is 12.4. The van der Waals surface area contributed by atoms with Crippen molar-refractivity contribution in [2.45, 2.75) is 40.8 Å². The first-order valence-corrected chi connectivity index (χ1v) is 10.4. The summed E-state index contributed by atoms with van der Waals surface area (Å²) in [4.78, 5) is 19.3. The van der Waals surface area contributed by atoms with Crippen molar-refractivity contribution in [1.82, 2.24) is 25.0 Å². The lowest BCUT2D eigenvalue weighted by Gasteiger charge is -2.20. The Labute approximate surface area is 178 Å². The molecule has 160 valence electrons. The average Bonchev–Trinajstić information content (AvgIpc) is 3.05. The van der Waals surface area contributed by atoms with Crippen molar-refractivity contribution in [3.63, 3.8) is 0 Å². The lowest BCUT2D eigenvalue weighted by atomic mass is 10.1. The molecule has 7 nitrogen and oxygen atoms in total. The number of nitrogens with one attached hydrogen (secondary N) is 1. The van der Waals surface area contributed by atoms with E-state index in [1.165, 1.54) is 5.56 Å². The van der Waals surface area contributed by atoms with Gasteiger partial charge in [0.05, 0.1) is 5.39 Å². The second-order valence-electron chi connectivity index (χ2n) is 7.50. The van der Waals surface area contributed by atoms with E-state index >= 15 is 0 Å². The molecule has 0 spiro atoms. The number of pyridine rings is 1. The summed E-state index contributed by atoms with van der Waals surface area (Å²) < 4.78 is 7.43. The Bertz CT molecular complexity index is 1020. The first-order chi connectivity index (χ1) is 14.4. The van der Waals surface area contributed by atoms with Gasteiger partial charge >= 0.3 is 0 Å². The fourth-order valence-corrected chi connectivity index (χ4v) is 3.60. The van der Waals surface area contributed by atoms with Crippen LogP contribution in [0.1, 0.15) is 36.2 Å². The molecule has 0 aliphatic heterocycles. The van der Waals surface area contributed by atoms with E-state index in [2.05, 4.69) is 46.3 Å². The third kappa shape index (κ3) is 4.97. The lowest BCUT2D eigenvalue weighted by Crippen LogP contribution is -2.29. The Morgan fingerprint density at radius 1 is 1.17 bits per heavy atom. The zero-order valence-corrected chi connectivity index (χ0v) is 18.5. The van der Waals surface area contributed by atoms with E-state index in [9.17, 15) is 4.79 Å². The number of carbonyl (C=O) groups excluding carboxylic acids is 1. The maximum Gasteiger partial charge on any atom is 0.258 e. The molecule has 0 aliphatic carbocycles. The Hall–Kier alpha value is -2.93. The van der Waals surface area contributed by atoms with Crippen LogP contribution in [0.4, 0.5) is 0 Å². The maximum atomic E-state index is 12.4. The Morgan fingerprint density at radius 2 is 1.87 bits per heavy atom. The second-order valence-corrected chi connectivity index (χ2v) is 7.50. The summed E-state index contributed by atoms with van der Waals surface area (Å²) in [6, 6.07) is 10.2. The number of amides is 1. The molecule has 0 bridgehead atoms. The molecule has 0 unspecified atom stereocenters. The van der Waals surface area contributed by atoms with E-state index in [0.717, 1.165) is 47.5 Å². The van der Waals surface area contributed by atoms with E-state index in [1.807, 2.05) is 39.1 Å². The van der Waals surface area contributed by atoms with Crippen molar-refractivity contribution in [2.24, 2.45) is 7.05 Å². The zero-order chi connectivity index (χ0) is 21.7. The highest BCUT2D eigenvalue weighted by Crippen LogP contribution is 2.26. The van der Waals surface area contributed by atoms with Crippen LogP contribution in [0.15, 0.2) is 30.3 Å². The van der Waals surface area contributed by atoms with Crippen LogP contribution in [0, 0.1) is 13.8 Å². The van der Waals surface area contributed by atoms with Crippen LogP contribution in [0.25, 0.3) is 11.0 Å². The number of hydrogen-bond acceptors (Lipinski definition) is 5. The van der Waals surface area contributed by atoms with Crippen molar-refractivity contribution in [1.29, 1.82) is 0 Å². The fourth-order valence-electron chi connectivity index (χ4n) is 3.60. The summed E-state index contributed by atoms with van der Waals surface area (Å²) in [5, 5.41) is 8.21. The number of nitrogens with zero attached hydrogens (tertiary/aromatic N) is 4. The zero-order valence-electron chi connectivity index (χ0n) is 18.5. The largest absolute Gasteiger partial charge is 0.466 e. The van der Waals surface area contributed by atoms with Gasteiger partial charge in [-0.05, 0) is 49.7 Å². The molecule has 1 amide bonds. The van der Waals surface area contributed by atoms with Crippen molar-refractivity contribution in [3.8, 4) is 5.88 Å². The summed E-state index contributed by atoms with van der Waals surface area (Å²) >= 11 is 0. The molecule has 30 heavy (non-hydrogen) atoms. The predicted octanol–water partition coefficient (Wildman–Crippen LogP) is 3.12. The molecular weight excluding hydrogens is 378 g/mol. The molecule has 2 heterocycles. The van der Waals surface area contributed by atoms with E-state index in [4.69, 9.17) is 4.74 Å². The van der Waals surface area contributed by atoms with Crippen LogP contribution in [0.5, 0.6) is 5.88 Å². The third-order valence-corrected chi connectivity index (χ3v) is 5.31. The number of aromatic nitrogens is 3. The highest BCUT2D eigenvalue weighted by Gasteiger charge is 2.16. The van der Waals surface area contributed by atoms with Crippen LogP contribution >= 0.6 is 0 Å². The van der Waals surface area contributed by atoms with Gasteiger partial charge in [0, 0.05) is 25.8 Å². The smallest absolute Gasteiger partial charge is 0.258 e. The minimum absolute atomic E-state index is 0.0857. The fraction of sp³-hybridized carbons (Fsp3) is 0.435. The molecule has 0 saturated carbocycles. The molecule has 0 radical (unpaired) electrons. The number of carbonyl (C=O) groups is 1. The van der Waals surface area contributed by atoms with Crippen molar-refractivity contribution >= 4 is 16.9 Å². The van der Waals surface area contributed by atoms with Gasteiger partial charge in [0.25, 0.3) is 5.91 Å². The van der Waals surface area contributed by atoms with E-state index in [0.29, 0.717) is 12.4 Å². The van der Waals surface area contributed by atoms with Gasteiger partial charge in [-0.15, -0.1) is 5.10 Å². The molecule has 1 N–H and O–H groups in total. The van der Waals surface area contributed by atoms with Gasteiger partial charge < -0.3 is 10.1 Å². The second kappa shape index (κ2) is 9.71. The summed E-state index contributed by atoms with van der Waals surface area (Å²) in [5.74, 6) is 0.263. The monoisotopic (exact) mass is 409 g/mol. The standard InChI is InChI=1S/C23H31N5O2/c1-6-28(7-2)14-19-11-9-8-10-18(19)13-24-20(29)15-30-23-21-16(3)12-17(4)25-22(21)27(5)26-23/h8-12H,6-7,13-15H2,1-5H3,(H,24,29). The van der Waals surface area contributed by atoms with E-state index in [-0.39, 0.29) is 12.5 Å². The molecule has 3 rings (SSSR count). The van der Waals surface area contributed by atoms with Gasteiger partial charge in [-0.2, -0.15) is 0 Å². The molecule has 0 fully saturated rings. The third-order valence-electron chi connectivity index (χ3n) is 5.31. The molecule has 3 aromatic rings. The van der Waals surface area contributed by atoms with E-state index < -0.39 is 0 Å². The number of hydrogen-bond donors (Lipinski definition) is 1. The van der Waals surface area contributed by atoms with Gasteiger partial charge in [-0.25, -0.2) is 9.67 Å². The number of aryl methyl sites for hydroxylation is 3. The lowest BCUT2D eigenvalue weighted by molar-refractivity contribution is -0.123. The molecule has 7 heteroatoms. The van der Waals surface area contributed by atoms with Gasteiger partial charge in [0.2, 0.25) is 5.88 Å². The van der Waals surface area contributed by atoms with Crippen LogP contribution in [0.3, 0.4) is 0 Å². The van der Waals surface area contributed by atoms with Gasteiger partial charge in [-0.3, -0.25) is 9.69 Å². The normalized spacial score (nSPS) is 11.3. The number of benzene rings is 1. The Balaban J connectivity index is 1.62. The Kier molecular flexibility index (Phi) is 7.05. The predicted molar refractivity (Wildman–Crippen MR) is 118 cm³/mol. The summed E-state index contributed by atoms with van der Waals surface area (Å²) in [5.41, 5.74) is 5.07. The summed E-state index contributed by atoms with van der Waals surface area (Å²) in [6.45, 7) is 11.5. The molecule has 0 atom stereocenters. The highest BCUT2D eigenvalue weighted by atomic mass is 16.5. The first kappa shape index (κ1) is 21.8. The van der Waals surface area contributed by atoms with Crippen LogP contribution < -0.4 is 10.1 Å². The molecule has 0 saturated heterocycles. The van der Waals surface area contributed by atoms with Crippen LogP contribution in [0.2, 0.25) is 0 Å². The topological polar surface area (TPSA) is 72.3 Å². The number of rotatable bonds is 9. The summed E-state index contributed by atoms with van der Waals surface area (Å²) in [7, 11) is 1.83. The van der Waals surface area contributed by atoms with Gasteiger partial charge in [0.15, 0.2) is 12.3 Å². The molecule has 0 aliphatic rings. The summed E-state index contributed by atoms with van der Waals surface area (Å²) in [6.07, 6.45) is 0. The molecular formula is C23H31N5O2. The van der Waals surface area contributed by atoms with Crippen LogP contribution in [-0.4, -0.2) is 45.3 Å². The molecule has 1 aromatic carbocycles. The average molecular weight is 410 g/mol. The minimum atomic E-state index is -0.177. The Morgan fingerprint density at radius 3 is 2.57 bits per heavy atom. The number of ether oxygens (including phenoxy) is 1. The first-order valence-electron chi connectivity index (χ1n) is 10.4. The highest BCUT2D eigenvalue weighted by molar-refractivity contribution is 5.85. The molecule has 2 aromatic heterocycles. The van der Waals surface area contributed by atoms with Gasteiger partial charge in [0.1, 0.15) is 0 Å². The van der Waals surface area contributed by atoms with Crippen molar-refractivity contribution in [3.05, 3.63) is 52.7 Å². The number of fused-ring (bicyclic) bond motifs is 1. The van der Waals surface area contributed by atoms with Crippen LogP contribution in [-0.2, 0) is 24.9 Å². The minimum Gasteiger partial charge on any atom is -0.466 e. The quantitative estimate of drug-likeness (QED) is 0.588. The van der Waals surface area contributed by atoms with E-state index in [1.54, 1.807) is 4.68 Å². The van der Waals surface area contributed by atoms with Crippen molar-refractivity contribution < 1.29 is 9.53 Å². The van der Waals surface area contributed by atoms with Crippen molar-refractivity contribution in [2.75, 3.05) is 19.7 Å². The van der Waals surface area contributed by atoms with Gasteiger partial charge in [-0.1, -0.05) is 38.1 Å².